The van der Waals surface area contributed by atoms with Gasteiger partial charge >= 0.3 is 0 Å². The van der Waals surface area contributed by atoms with E-state index in [9.17, 15) is 18.3 Å². The zero-order valence-electron chi connectivity index (χ0n) is 18.0. The molecule has 1 amide bonds. The topological polar surface area (TPSA) is 74.7 Å². The van der Waals surface area contributed by atoms with Gasteiger partial charge in [-0.15, -0.1) is 11.8 Å². The highest BCUT2D eigenvalue weighted by Gasteiger charge is 2.46. The van der Waals surface area contributed by atoms with Crippen molar-refractivity contribution >= 4 is 39.1 Å². The first-order valence-electron chi connectivity index (χ1n) is 10.2. The summed E-state index contributed by atoms with van der Waals surface area (Å²) < 4.78 is 27.3. The molecule has 0 saturated carbocycles. The quantitative estimate of drug-likeness (QED) is 0.440. The smallest absolute Gasteiger partial charge is 0.290 e. The molecular weight excluding hydrogens is 478 g/mol. The fourth-order valence-corrected chi connectivity index (χ4v) is 6.00. The van der Waals surface area contributed by atoms with E-state index in [-0.39, 0.29) is 16.3 Å². The van der Waals surface area contributed by atoms with E-state index in [2.05, 4.69) is 0 Å². The van der Waals surface area contributed by atoms with Crippen LogP contribution in [-0.2, 0) is 21.2 Å². The summed E-state index contributed by atoms with van der Waals surface area (Å²) in [5.74, 6) is -1.47. The van der Waals surface area contributed by atoms with Gasteiger partial charge < -0.3 is 10.0 Å². The molecule has 8 heteroatoms. The lowest BCUT2D eigenvalue weighted by Crippen LogP contribution is -2.30. The molecule has 0 spiro atoms. The van der Waals surface area contributed by atoms with Crippen LogP contribution in [0.4, 0.5) is 0 Å². The van der Waals surface area contributed by atoms with Crippen molar-refractivity contribution in [1.82, 2.24) is 4.90 Å². The Labute approximate surface area is 202 Å². The van der Waals surface area contributed by atoms with Gasteiger partial charge in [-0.3, -0.25) is 4.79 Å². The van der Waals surface area contributed by atoms with Crippen molar-refractivity contribution in [2.24, 2.45) is 0 Å². The van der Waals surface area contributed by atoms with Crippen molar-refractivity contribution in [2.75, 3.05) is 6.26 Å². The molecule has 3 aromatic carbocycles. The second-order valence-corrected chi connectivity index (χ2v) is 11.0. The molecule has 5 nitrogen and oxygen atoms in total. The standard InChI is InChI=1S/C25H22ClNO4S2/c1-16-3-13-21(14-4-16)33(30,31)24-22(18-7-11-20(32-2)12-8-18)27(25(29)23(24)28)15-17-5-9-19(26)10-6-17/h3-14,22,28H,15H2,1-2H3/t22-/m0/s1. The van der Waals surface area contributed by atoms with Crippen molar-refractivity contribution in [1.29, 1.82) is 0 Å². The summed E-state index contributed by atoms with van der Waals surface area (Å²) in [5.41, 5.74) is 2.27. The van der Waals surface area contributed by atoms with Crippen molar-refractivity contribution < 1.29 is 18.3 Å². The number of hydrogen-bond acceptors (Lipinski definition) is 5. The molecule has 1 atom stereocenters. The van der Waals surface area contributed by atoms with Gasteiger partial charge in [0.15, 0.2) is 5.76 Å². The van der Waals surface area contributed by atoms with E-state index in [0.29, 0.717) is 10.6 Å². The van der Waals surface area contributed by atoms with Crippen LogP contribution in [0.15, 0.2) is 93.3 Å². The second-order valence-electron chi connectivity index (χ2n) is 7.76. The molecule has 1 heterocycles. The van der Waals surface area contributed by atoms with Gasteiger partial charge in [-0.05, 0) is 60.7 Å². The van der Waals surface area contributed by atoms with Crippen LogP contribution in [0.3, 0.4) is 0 Å². The van der Waals surface area contributed by atoms with Crippen LogP contribution in [0.5, 0.6) is 0 Å². The Morgan fingerprint density at radius 1 is 0.970 bits per heavy atom. The first-order valence-corrected chi connectivity index (χ1v) is 13.2. The van der Waals surface area contributed by atoms with Crippen LogP contribution >= 0.6 is 23.4 Å². The minimum Gasteiger partial charge on any atom is -0.502 e. The van der Waals surface area contributed by atoms with Gasteiger partial charge in [0.1, 0.15) is 4.91 Å². The van der Waals surface area contributed by atoms with Gasteiger partial charge in [0, 0.05) is 16.5 Å². The number of aryl methyl sites for hydroxylation is 1. The Hall–Kier alpha value is -2.74. The second kappa shape index (κ2) is 9.25. The lowest BCUT2D eigenvalue weighted by molar-refractivity contribution is -0.130. The molecule has 4 rings (SSSR count). The Bertz CT molecular complexity index is 1320. The van der Waals surface area contributed by atoms with Crippen molar-refractivity contribution in [3.63, 3.8) is 0 Å². The lowest BCUT2D eigenvalue weighted by atomic mass is 10.1. The van der Waals surface area contributed by atoms with Crippen LogP contribution in [0, 0.1) is 6.92 Å². The number of halogens is 1. The number of aliphatic hydroxyl groups is 1. The number of hydrogen-bond donors (Lipinski definition) is 1. The fourth-order valence-electron chi connectivity index (χ4n) is 3.82. The van der Waals surface area contributed by atoms with E-state index >= 15 is 0 Å². The Morgan fingerprint density at radius 2 is 1.58 bits per heavy atom. The van der Waals surface area contributed by atoms with Gasteiger partial charge in [0.2, 0.25) is 9.84 Å². The number of thioether (sulfide) groups is 1. The molecule has 0 fully saturated rings. The largest absolute Gasteiger partial charge is 0.502 e. The number of aliphatic hydroxyl groups excluding tert-OH is 1. The van der Waals surface area contributed by atoms with Crippen LogP contribution in [0.2, 0.25) is 5.02 Å². The SMILES string of the molecule is CSc1ccc([C@H]2C(S(=O)(=O)c3ccc(C)cc3)=C(O)C(=O)N2Cc2ccc(Cl)cc2)cc1. The molecule has 170 valence electrons. The Morgan fingerprint density at radius 3 is 2.15 bits per heavy atom. The van der Waals surface area contributed by atoms with Gasteiger partial charge in [0.25, 0.3) is 5.91 Å². The molecule has 33 heavy (non-hydrogen) atoms. The third kappa shape index (κ3) is 4.53. The molecular formula is C25H22ClNO4S2. The van der Waals surface area contributed by atoms with Crippen molar-refractivity contribution in [3.05, 3.63) is 105 Å². The summed E-state index contributed by atoms with van der Waals surface area (Å²) in [7, 11) is -4.14. The minimum absolute atomic E-state index is 0.0292. The van der Waals surface area contributed by atoms with E-state index < -0.39 is 27.5 Å². The monoisotopic (exact) mass is 499 g/mol. The van der Waals surface area contributed by atoms with E-state index in [4.69, 9.17) is 11.6 Å². The maximum atomic E-state index is 13.6. The molecule has 0 radical (unpaired) electrons. The number of benzene rings is 3. The molecule has 1 N–H and O–H groups in total. The van der Waals surface area contributed by atoms with Crippen molar-refractivity contribution in [2.45, 2.75) is 29.3 Å². The van der Waals surface area contributed by atoms with Gasteiger partial charge in [-0.2, -0.15) is 0 Å². The first-order chi connectivity index (χ1) is 15.7. The van der Waals surface area contributed by atoms with Gasteiger partial charge in [-0.1, -0.05) is 53.6 Å². The zero-order valence-corrected chi connectivity index (χ0v) is 20.4. The third-order valence-corrected chi connectivity index (χ3v) is 8.46. The maximum absolute atomic E-state index is 13.6. The number of nitrogens with zero attached hydrogens (tertiary/aromatic N) is 1. The van der Waals surface area contributed by atoms with Crippen LogP contribution < -0.4 is 0 Å². The molecule has 0 bridgehead atoms. The van der Waals surface area contributed by atoms with E-state index in [1.54, 1.807) is 60.3 Å². The summed E-state index contributed by atoms with van der Waals surface area (Å²) in [6.07, 6.45) is 1.94. The zero-order chi connectivity index (χ0) is 23.8. The van der Waals surface area contributed by atoms with E-state index in [1.807, 2.05) is 25.3 Å². The minimum atomic E-state index is -4.14. The summed E-state index contributed by atoms with van der Waals surface area (Å²) in [6.45, 7) is 1.97. The molecule has 1 aliphatic rings. The average molecular weight is 500 g/mol. The number of rotatable bonds is 6. The van der Waals surface area contributed by atoms with Gasteiger partial charge in [-0.25, -0.2) is 8.42 Å². The van der Waals surface area contributed by atoms with E-state index in [1.165, 1.54) is 17.0 Å². The molecule has 0 aromatic heterocycles. The molecule has 0 saturated heterocycles. The van der Waals surface area contributed by atoms with Gasteiger partial charge in [0.05, 0.1) is 10.9 Å². The normalized spacial score (nSPS) is 16.5. The lowest BCUT2D eigenvalue weighted by Gasteiger charge is -2.27. The highest BCUT2D eigenvalue weighted by atomic mass is 35.5. The third-order valence-electron chi connectivity index (χ3n) is 5.58. The summed E-state index contributed by atoms with van der Waals surface area (Å²) in [4.78, 5) is 15.3. The van der Waals surface area contributed by atoms with Crippen LogP contribution in [0.25, 0.3) is 0 Å². The highest BCUT2D eigenvalue weighted by molar-refractivity contribution is 7.98. The molecule has 3 aromatic rings. The number of amides is 1. The van der Waals surface area contributed by atoms with Crippen LogP contribution in [0.1, 0.15) is 22.7 Å². The Balaban J connectivity index is 1.84. The van der Waals surface area contributed by atoms with Crippen molar-refractivity contribution in [3.8, 4) is 0 Å². The number of carbonyl (C=O) groups is 1. The fraction of sp³-hybridized carbons (Fsp3) is 0.160. The molecule has 1 aliphatic heterocycles. The average Bonchev–Trinajstić information content (AvgIpc) is 3.06. The first kappa shape index (κ1) is 23.4. The summed E-state index contributed by atoms with van der Waals surface area (Å²) in [5, 5.41) is 11.4. The predicted molar refractivity (Wildman–Crippen MR) is 131 cm³/mol. The highest BCUT2D eigenvalue weighted by Crippen LogP contribution is 2.43. The summed E-state index contributed by atoms with van der Waals surface area (Å²) in [6, 6.07) is 19.7. The summed E-state index contributed by atoms with van der Waals surface area (Å²) >= 11 is 7.54. The number of carbonyl (C=O) groups excluding carboxylic acids is 1. The number of sulfone groups is 1. The van der Waals surface area contributed by atoms with Crippen LogP contribution in [-0.4, -0.2) is 30.6 Å². The van der Waals surface area contributed by atoms with E-state index in [0.717, 1.165) is 16.0 Å². The molecule has 0 aliphatic carbocycles. The Kier molecular flexibility index (Phi) is 6.56. The maximum Gasteiger partial charge on any atom is 0.290 e. The molecule has 0 unspecified atom stereocenters. The predicted octanol–water partition coefficient (Wildman–Crippen LogP) is 5.70.